The fourth-order valence-electron chi connectivity index (χ4n) is 7.56. The Morgan fingerprint density at radius 3 is 2.85 bits per heavy atom. The number of likely N-dealkylation sites (tertiary alicyclic amines) is 1. The average Bonchev–Trinajstić information content (AvgIpc) is 2.94. The standard InChI is InChI=1S/C22H26ClNO3/c1-20(2,26)12-9-21-10-13(23)16(12)19-22(21)6-7-24(3)15(21)8-11-4-5-14(25)18(27-19)17(11)22/h4-5,10,12,15-16,19,25-26H,6-9H2,1-3H3/t12-,15+,16-,19-,21-,22-/m0/s1. The third-order valence-corrected chi connectivity index (χ3v) is 8.93. The molecule has 1 saturated heterocycles. The van der Waals surface area contributed by atoms with Gasteiger partial charge in [-0.05, 0) is 64.3 Å². The van der Waals surface area contributed by atoms with E-state index in [4.69, 9.17) is 16.3 Å². The van der Waals surface area contributed by atoms with Crippen molar-refractivity contribution in [2.45, 2.75) is 56.3 Å². The lowest BCUT2D eigenvalue weighted by Crippen LogP contribution is -2.75. The van der Waals surface area contributed by atoms with E-state index in [2.05, 4.69) is 24.1 Å². The predicted molar refractivity (Wildman–Crippen MR) is 103 cm³/mol. The Kier molecular flexibility index (Phi) is 2.89. The molecule has 2 N–H and O–H groups in total. The first-order valence-electron chi connectivity index (χ1n) is 10.0. The van der Waals surface area contributed by atoms with Crippen LogP contribution >= 0.6 is 11.6 Å². The van der Waals surface area contributed by atoms with E-state index in [1.165, 1.54) is 11.1 Å². The van der Waals surface area contributed by atoms with Crippen LogP contribution in [0.1, 0.15) is 37.8 Å². The summed E-state index contributed by atoms with van der Waals surface area (Å²) in [4.78, 5) is 2.48. The number of benzene rings is 1. The molecule has 0 aromatic heterocycles. The molecule has 1 saturated carbocycles. The van der Waals surface area contributed by atoms with Crippen LogP contribution in [-0.4, -0.2) is 46.5 Å². The van der Waals surface area contributed by atoms with Crippen molar-refractivity contribution in [3.8, 4) is 11.5 Å². The van der Waals surface area contributed by atoms with Crippen molar-refractivity contribution in [3.05, 3.63) is 34.4 Å². The Bertz CT molecular complexity index is 906. The van der Waals surface area contributed by atoms with Crippen molar-refractivity contribution >= 4 is 11.6 Å². The smallest absolute Gasteiger partial charge is 0.165 e. The third-order valence-electron chi connectivity index (χ3n) is 8.57. The number of nitrogens with zero attached hydrogens (tertiary/aromatic N) is 1. The van der Waals surface area contributed by atoms with Crippen LogP contribution in [0, 0.1) is 17.3 Å². The summed E-state index contributed by atoms with van der Waals surface area (Å²) in [7, 11) is 2.21. The number of ether oxygens (including phenoxy) is 1. The van der Waals surface area contributed by atoms with E-state index >= 15 is 0 Å². The summed E-state index contributed by atoms with van der Waals surface area (Å²) < 4.78 is 6.56. The largest absolute Gasteiger partial charge is 0.504 e. The molecule has 6 atom stereocenters. The number of phenols is 1. The van der Waals surface area contributed by atoms with Crippen LogP contribution in [0.15, 0.2) is 23.2 Å². The monoisotopic (exact) mass is 387 g/mol. The van der Waals surface area contributed by atoms with Crippen LogP contribution < -0.4 is 4.74 Å². The Morgan fingerprint density at radius 2 is 2.11 bits per heavy atom. The second-order valence-corrected chi connectivity index (χ2v) is 10.4. The normalized spacial score (nSPS) is 44.0. The molecule has 6 aliphatic rings. The van der Waals surface area contributed by atoms with E-state index in [9.17, 15) is 10.2 Å². The zero-order valence-electron chi connectivity index (χ0n) is 16.0. The molecule has 4 bridgehead atoms. The quantitative estimate of drug-likeness (QED) is 0.777. The minimum Gasteiger partial charge on any atom is -0.504 e. The van der Waals surface area contributed by atoms with Crippen molar-refractivity contribution in [1.29, 1.82) is 0 Å². The molecule has 1 aromatic rings. The van der Waals surface area contributed by atoms with Gasteiger partial charge < -0.3 is 19.8 Å². The van der Waals surface area contributed by atoms with E-state index in [-0.39, 0.29) is 34.5 Å². The van der Waals surface area contributed by atoms with Crippen LogP contribution in [0.3, 0.4) is 0 Å². The number of aromatic hydroxyl groups is 1. The number of piperidine rings is 1. The Labute approximate surface area is 164 Å². The van der Waals surface area contributed by atoms with Gasteiger partial charge in [0.05, 0.1) is 5.60 Å². The number of aliphatic hydroxyl groups is 1. The van der Waals surface area contributed by atoms with Crippen molar-refractivity contribution in [1.82, 2.24) is 4.90 Å². The number of hydrogen-bond donors (Lipinski definition) is 2. The molecule has 0 unspecified atom stereocenters. The number of rotatable bonds is 1. The molecule has 2 fully saturated rings. The van der Waals surface area contributed by atoms with Gasteiger partial charge in [-0.25, -0.2) is 0 Å². The zero-order chi connectivity index (χ0) is 18.9. The van der Waals surface area contributed by atoms with Gasteiger partial charge >= 0.3 is 0 Å². The highest BCUT2D eigenvalue weighted by Gasteiger charge is 2.76. The SMILES string of the molecule is CN1CC[C@]23c4c5ccc(O)c4O[C@H]2[C@@H]2C(Cl)=C[C@@]3(C[C@@H]2C(C)(C)O)[C@H]1C5. The first-order chi connectivity index (χ1) is 12.7. The summed E-state index contributed by atoms with van der Waals surface area (Å²) in [5.74, 6) is 0.918. The molecule has 4 aliphatic carbocycles. The van der Waals surface area contributed by atoms with Gasteiger partial charge in [0.15, 0.2) is 11.5 Å². The summed E-state index contributed by atoms with van der Waals surface area (Å²) in [6, 6.07) is 4.20. The number of halogens is 1. The van der Waals surface area contributed by atoms with E-state index in [0.29, 0.717) is 11.8 Å². The number of likely N-dealkylation sites (N-methyl/N-ethyl adjacent to an activating group) is 1. The lowest BCUT2D eigenvalue weighted by atomic mass is 9.37. The zero-order valence-corrected chi connectivity index (χ0v) is 16.8. The lowest BCUT2D eigenvalue weighted by molar-refractivity contribution is -0.169. The molecule has 2 aliphatic heterocycles. The fraction of sp³-hybridized carbons (Fsp3) is 0.636. The highest BCUT2D eigenvalue weighted by atomic mass is 35.5. The number of fused-ring (bicyclic) bond motifs is 1. The second-order valence-electron chi connectivity index (χ2n) is 9.97. The van der Waals surface area contributed by atoms with Crippen molar-refractivity contribution in [3.63, 3.8) is 0 Å². The van der Waals surface area contributed by atoms with Crippen LogP contribution in [0.5, 0.6) is 11.5 Å². The summed E-state index contributed by atoms with van der Waals surface area (Å²) in [5, 5.41) is 22.5. The van der Waals surface area contributed by atoms with Crippen LogP contribution in [0.2, 0.25) is 0 Å². The number of hydrogen-bond acceptors (Lipinski definition) is 4. The highest BCUT2D eigenvalue weighted by Crippen LogP contribution is 2.75. The summed E-state index contributed by atoms with van der Waals surface area (Å²) in [6.45, 7) is 4.82. The lowest BCUT2D eigenvalue weighted by Gasteiger charge is -2.70. The summed E-state index contributed by atoms with van der Waals surface area (Å²) in [5.41, 5.74) is 1.41. The van der Waals surface area contributed by atoms with Crippen LogP contribution in [-0.2, 0) is 11.8 Å². The fourth-order valence-corrected chi connectivity index (χ4v) is 8.02. The van der Waals surface area contributed by atoms with Crippen molar-refractivity contribution in [2.24, 2.45) is 17.3 Å². The van der Waals surface area contributed by atoms with Gasteiger partial charge in [0, 0.05) is 33.4 Å². The maximum atomic E-state index is 11.0. The number of phenolic OH excluding ortho intramolecular Hbond substituents is 1. The molecule has 0 amide bonds. The summed E-state index contributed by atoms with van der Waals surface area (Å²) in [6.07, 6.45) is 5.06. The minimum atomic E-state index is -0.832. The maximum absolute atomic E-state index is 11.0. The molecule has 1 aromatic carbocycles. The van der Waals surface area contributed by atoms with Crippen LogP contribution in [0.25, 0.3) is 0 Å². The van der Waals surface area contributed by atoms with E-state index in [1.807, 2.05) is 13.8 Å². The molecule has 4 nitrogen and oxygen atoms in total. The van der Waals surface area contributed by atoms with Crippen molar-refractivity contribution in [2.75, 3.05) is 13.6 Å². The van der Waals surface area contributed by atoms with E-state index < -0.39 is 5.60 Å². The molecule has 0 radical (unpaired) electrons. The Hall–Kier alpha value is -1.23. The average molecular weight is 388 g/mol. The van der Waals surface area contributed by atoms with Gasteiger partial charge in [-0.2, -0.15) is 0 Å². The molecule has 5 heteroatoms. The van der Waals surface area contributed by atoms with E-state index in [0.717, 1.165) is 30.8 Å². The summed E-state index contributed by atoms with van der Waals surface area (Å²) >= 11 is 6.90. The van der Waals surface area contributed by atoms with Gasteiger partial charge in [-0.3, -0.25) is 0 Å². The Morgan fingerprint density at radius 1 is 1.33 bits per heavy atom. The second kappa shape index (κ2) is 4.67. The molecule has 144 valence electrons. The maximum Gasteiger partial charge on any atom is 0.165 e. The molecule has 7 rings (SSSR count). The Balaban J connectivity index is 1.70. The predicted octanol–water partition coefficient (Wildman–Crippen LogP) is 3.18. The molecule has 27 heavy (non-hydrogen) atoms. The first kappa shape index (κ1) is 16.7. The molecular formula is C22H26ClNO3. The van der Waals surface area contributed by atoms with Gasteiger partial charge in [0.2, 0.25) is 0 Å². The highest BCUT2D eigenvalue weighted by molar-refractivity contribution is 6.30. The van der Waals surface area contributed by atoms with Gasteiger partial charge in [-0.1, -0.05) is 23.7 Å². The topological polar surface area (TPSA) is 52.9 Å². The molecule has 2 spiro atoms. The van der Waals surface area contributed by atoms with E-state index in [1.54, 1.807) is 6.07 Å². The van der Waals surface area contributed by atoms with Crippen LogP contribution in [0.4, 0.5) is 0 Å². The van der Waals surface area contributed by atoms with Gasteiger partial charge in [-0.15, -0.1) is 0 Å². The third kappa shape index (κ3) is 1.63. The van der Waals surface area contributed by atoms with Gasteiger partial charge in [0.1, 0.15) is 6.10 Å². The van der Waals surface area contributed by atoms with Gasteiger partial charge in [0.25, 0.3) is 0 Å². The molecular weight excluding hydrogens is 362 g/mol. The minimum absolute atomic E-state index is 0.0321. The van der Waals surface area contributed by atoms with Crippen molar-refractivity contribution < 1.29 is 14.9 Å². The first-order valence-corrected chi connectivity index (χ1v) is 10.4. The molecule has 2 heterocycles.